The lowest BCUT2D eigenvalue weighted by Crippen LogP contribution is -2.27. The maximum atomic E-state index is 11.8. The highest BCUT2D eigenvalue weighted by molar-refractivity contribution is 7.99. The van der Waals surface area contributed by atoms with E-state index in [1.165, 1.54) is 12.8 Å². The molecule has 1 amide bonds. The molecule has 0 N–H and O–H groups in total. The number of carbonyl (C=O) groups is 1. The fourth-order valence-corrected chi connectivity index (χ4v) is 2.40. The number of amides is 1. The normalized spacial score (nSPS) is 10.2. The SMILES string of the molecule is CCCCSCC(=O)N(C)Cc1cccnc1. The molecule has 0 spiro atoms. The van der Waals surface area contributed by atoms with E-state index in [-0.39, 0.29) is 5.91 Å². The second kappa shape index (κ2) is 8.12. The van der Waals surface area contributed by atoms with Crippen molar-refractivity contribution in [3.05, 3.63) is 30.1 Å². The summed E-state index contributed by atoms with van der Waals surface area (Å²) in [5, 5.41) is 0. The van der Waals surface area contributed by atoms with E-state index in [2.05, 4.69) is 11.9 Å². The Morgan fingerprint density at radius 3 is 3.00 bits per heavy atom. The van der Waals surface area contributed by atoms with Crippen LogP contribution in [0.3, 0.4) is 0 Å². The van der Waals surface area contributed by atoms with E-state index in [4.69, 9.17) is 0 Å². The summed E-state index contributed by atoms with van der Waals surface area (Å²) in [5.74, 6) is 1.84. The fraction of sp³-hybridized carbons (Fsp3) is 0.538. The van der Waals surface area contributed by atoms with Gasteiger partial charge in [0, 0.05) is 26.0 Å². The van der Waals surface area contributed by atoms with Gasteiger partial charge < -0.3 is 4.90 Å². The minimum absolute atomic E-state index is 0.190. The Morgan fingerprint density at radius 2 is 2.35 bits per heavy atom. The second-order valence-corrected chi connectivity index (χ2v) is 5.12. The van der Waals surface area contributed by atoms with Crippen molar-refractivity contribution in [1.29, 1.82) is 0 Å². The highest BCUT2D eigenvalue weighted by Crippen LogP contribution is 2.07. The molecule has 0 bridgehead atoms. The van der Waals surface area contributed by atoms with Gasteiger partial charge in [-0.05, 0) is 23.8 Å². The zero-order valence-corrected chi connectivity index (χ0v) is 11.4. The summed E-state index contributed by atoms with van der Waals surface area (Å²) in [6.07, 6.45) is 5.91. The van der Waals surface area contributed by atoms with Crippen molar-refractivity contribution >= 4 is 17.7 Å². The Kier molecular flexibility index (Phi) is 6.70. The number of pyridine rings is 1. The van der Waals surface area contributed by atoms with Crippen LogP contribution in [-0.2, 0) is 11.3 Å². The lowest BCUT2D eigenvalue weighted by molar-refractivity contribution is -0.127. The lowest BCUT2D eigenvalue weighted by atomic mass is 10.3. The Labute approximate surface area is 108 Å². The number of rotatable bonds is 7. The topological polar surface area (TPSA) is 33.2 Å². The van der Waals surface area contributed by atoms with Crippen molar-refractivity contribution in [2.24, 2.45) is 0 Å². The Balaban J connectivity index is 2.27. The Bertz CT molecular complexity index is 329. The van der Waals surface area contributed by atoms with E-state index >= 15 is 0 Å². The average Bonchev–Trinajstić information content (AvgIpc) is 2.35. The van der Waals surface area contributed by atoms with Gasteiger partial charge in [0.25, 0.3) is 0 Å². The standard InChI is InChI=1S/C13H20N2OS/c1-3-4-8-17-11-13(16)15(2)10-12-6-5-7-14-9-12/h5-7,9H,3-4,8,10-11H2,1-2H3. The molecule has 0 unspecified atom stereocenters. The van der Waals surface area contributed by atoms with Gasteiger partial charge in [0.2, 0.25) is 5.91 Å². The van der Waals surface area contributed by atoms with Crippen LogP contribution < -0.4 is 0 Å². The molecule has 1 heterocycles. The summed E-state index contributed by atoms with van der Waals surface area (Å²) in [6, 6.07) is 3.88. The average molecular weight is 252 g/mol. The second-order valence-electron chi connectivity index (χ2n) is 4.02. The number of unbranched alkanes of at least 4 members (excludes halogenated alkanes) is 1. The summed E-state index contributed by atoms with van der Waals surface area (Å²) in [6.45, 7) is 2.80. The molecular weight excluding hydrogens is 232 g/mol. The van der Waals surface area contributed by atoms with Gasteiger partial charge in [0.15, 0.2) is 0 Å². The highest BCUT2D eigenvalue weighted by atomic mass is 32.2. The highest BCUT2D eigenvalue weighted by Gasteiger charge is 2.08. The Hall–Kier alpha value is -1.03. The summed E-state index contributed by atoms with van der Waals surface area (Å²) in [7, 11) is 1.84. The molecule has 0 atom stereocenters. The van der Waals surface area contributed by atoms with E-state index < -0.39 is 0 Å². The van der Waals surface area contributed by atoms with E-state index in [9.17, 15) is 4.79 Å². The van der Waals surface area contributed by atoms with Crippen molar-refractivity contribution < 1.29 is 4.79 Å². The minimum atomic E-state index is 0.190. The number of hydrogen-bond acceptors (Lipinski definition) is 3. The number of nitrogens with zero attached hydrogens (tertiary/aromatic N) is 2. The van der Waals surface area contributed by atoms with Crippen LogP contribution in [0.4, 0.5) is 0 Å². The molecule has 4 heteroatoms. The maximum absolute atomic E-state index is 11.8. The van der Waals surface area contributed by atoms with E-state index in [0.717, 1.165) is 11.3 Å². The van der Waals surface area contributed by atoms with Gasteiger partial charge in [-0.3, -0.25) is 9.78 Å². The van der Waals surface area contributed by atoms with Crippen molar-refractivity contribution in [3.8, 4) is 0 Å². The molecule has 0 saturated heterocycles. The van der Waals surface area contributed by atoms with Crippen LogP contribution in [0, 0.1) is 0 Å². The first-order valence-corrected chi connectivity index (χ1v) is 7.10. The fourth-order valence-electron chi connectivity index (χ4n) is 1.37. The molecule has 0 aromatic carbocycles. The van der Waals surface area contributed by atoms with Gasteiger partial charge in [-0.1, -0.05) is 19.4 Å². The van der Waals surface area contributed by atoms with Crippen LogP contribution in [0.25, 0.3) is 0 Å². The van der Waals surface area contributed by atoms with Crippen molar-refractivity contribution in [2.45, 2.75) is 26.3 Å². The van der Waals surface area contributed by atoms with E-state index in [1.54, 1.807) is 29.1 Å². The molecule has 17 heavy (non-hydrogen) atoms. The van der Waals surface area contributed by atoms with E-state index in [1.807, 2.05) is 19.2 Å². The first kappa shape index (κ1) is 14.0. The molecule has 0 aliphatic carbocycles. The third-order valence-electron chi connectivity index (χ3n) is 2.44. The summed E-state index contributed by atoms with van der Waals surface area (Å²) < 4.78 is 0. The quantitative estimate of drug-likeness (QED) is 0.699. The van der Waals surface area contributed by atoms with Crippen molar-refractivity contribution in [2.75, 3.05) is 18.6 Å². The molecule has 0 aliphatic rings. The van der Waals surface area contributed by atoms with Gasteiger partial charge in [0.1, 0.15) is 0 Å². The van der Waals surface area contributed by atoms with E-state index in [0.29, 0.717) is 12.3 Å². The number of aromatic nitrogens is 1. The van der Waals surface area contributed by atoms with Gasteiger partial charge >= 0.3 is 0 Å². The predicted octanol–water partition coefficient (Wildman–Crippen LogP) is 2.57. The number of thioether (sulfide) groups is 1. The zero-order valence-electron chi connectivity index (χ0n) is 10.6. The molecule has 0 aliphatic heterocycles. The monoisotopic (exact) mass is 252 g/mol. The number of hydrogen-bond donors (Lipinski definition) is 0. The van der Waals surface area contributed by atoms with Gasteiger partial charge in [-0.2, -0.15) is 11.8 Å². The molecule has 0 saturated carbocycles. The summed E-state index contributed by atoms with van der Waals surface area (Å²) in [4.78, 5) is 17.6. The van der Waals surface area contributed by atoms with Crippen LogP contribution in [0.5, 0.6) is 0 Å². The smallest absolute Gasteiger partial charge is 0.232 e. The molecular formula is C13H20N2OS. The van der Waals surface area contributed by atoms with Crippen molar-refractivity contribution in [1.82, 2.24) is 9.88 Å². The van der Waals surface area contributed by atoms with Crippen LogP contribution in [0.1, 0.15) is 25.3 Å². The first-order valence-electron chi connectivity index (χ1n) is 5.94. The van der Waals surface area contributed by atoms with Crippen molar-refractivity contribution in [3.63, 3.8) is 0 Å². The van der Waals surface area contributed by atoms with Crippen LogP contribution in [0.2, 0.25) is 0 Å². The predicted molar refractivity (Wildman–Crippen MR) is 72.9 cm³/mol. The molecule has 3 nitrogen and oxygen atoms in total. The number of carbonyl (C=O) groups excluding carboxylic acids is 1. The third-order valence-corrected chi connectivity index (χ3v) is 3.46. The maximum Gasteiger partial charge on any atom is 0.232 e. The van der Waals surface area contributed by atoms with Gasteiger partial charge in [-0.15, -0.1) is 0 Å². The summed E-state index contributed by atoms with van der Waals surface area (Å²) >= 11 is 1.72. The zero-order chi connectivity index (χ0) is 12.5. The molecule has 1 aromatic heterocycles. The minimum Gasteiger partial charge on any atom is -0.341 e. The molecule has 1 rings (SSSR count). The molecule has 0 fully saturated rings. The lowest BCUT2D eigenvalue weighted by Gasteiger charge is -2.16. The summed E-state index contributed by atoms with van der Waals surface area (Å²) in [5.41, 5.74) is 1.07. The first-order chi connectivity index (χ1) is 8.24. The Morgan fingerprint density at radius 1 is 1.53 bits per heavy atom. The molecule has 0 radical (unpaired) electrons. The van der Waals surface area contributed by atoms with Crippen LogP contribution >= 0.6 is 11.8 Å². The largest absolute Gasteiger partial charge is 0.341 e. The molecule has 94 valence electrons. The molecule has 1 aromatic rings. The third kappa shape index (κ3) is 5.73. The van der Waals surface area contributed by atoms with Crippen LogP contribution in [-0.4, -0.2) is 34.3 Å². The van der Waals surface area contributed by atoms with Gasteiger partial charge in [-0.25, -0.2) is 0 Å². The van der Waals surface area contributed by atoms with Gasteiger partial charge in [0.05, 0.1) is 5.75 Å². The van der Waals surface area contributed by atoms with Crippen LogP contribution in [0.15, 0.2) is 24.5 Å².